The summed E-state index contributed by atoms with van der Waals surface area (Å²) in [6.07, 6.45) is 0. The molecule has 0 N–H and O–H groups in total. The van der Waals surface area contributed by atoms with Crippen molar-refractivity contribution in [2.75, 3.05) is 0 Å². The van der Waals surface area contributed by atoms with Crippen molar-refractivity contribution in [2.45, 2.75) is 11.5 Å². The predicted octanol–water partition coefficient (Wildman–Crippen LogP) is 1.69. The fourth-order valence-electron chi connectivity index (χ4n) is 2.34. The number of fused-ring (bicyclic) bond motifs is 2. The van der Waals surface area contributed by atoms with Crippen LogP contribution in [0.15, 0.2) is 54.6 Å². The number of ether oxygens (including phenoxy) is 2. The Labute approximate surface area is 101 Å². The van der Waals surface area contributed by atoms with Gasteiger partial charge in [0.15, 0.2) is 20.3 Å². The third-order valence-electron chi connectivity index (χ3n) is 3.24. The van der Waals surface area contributed by atoms with E-state index < -0.39 is 8.80 Å². The summed E-state index contributed by atoms with van der Waals surface area (Å²) in [6, 6.07) is 18.5. The lowest BCUT2D eigenvalue weighted by molar-refractivity contribution is 0.166. The highest BCUT2D eigenvalue weighted by Gasteiger charge is 2.60. The molecule has 2 heterocycles. The molecule has 1 radical (unpaired) electrons. The minimum absolute atomic E-state index is 0.289. The van der Waals surface area contributed by atoms with Gasteiger partial charge in [0.2, 0.25) is 0 Å². The van der Waals surface area contributed by atoms with Crippen molar-refractivity contribution in [3.8, 4) is 11.5 Å². The second kappa shape index (κ2) is 3.37. The number of rotatable bonds is 1. The summed E-state index contributed by atoms with van der Waals surface area (Å²) in [4.78, 5) is 0. The van der Waals surface area contributed by atoms with E-state index in [9.17, 15) is 0 Å². The minimum atomic E-state index is -0.689. The first-order chi connectivity index (χ1) is 8.43. The summed E-state index contributed by atoms with van der Waals surface area (Å²) < 4.78 is 12.0. The SMILES string of the molecule is c1ccc([Si]2C3Oc4ccccc4OC32)cc1. The maximum Gasteiger partial charge on any atom is 0.194 e. The van der Waals surface area contributed by atoms with Crippen LogP contribution in [-0.4, -0.2) is 20.3 Å². The average molecular weight is 239 g/mol. The normalized spacial score (nSPS) is 25.2. The molecule has 0 aromatic heterocycles. The molecular weight excluding hydrogens is 228 g/mol. The quantitative estimate of drug-likeness (QED) is 0.705. The summed E-state index contributed by atoms with van der Waals surface area (Å²) in [7, 11) is -0.689. The molecule has 0 aliphatic carbocycles. The Morgan fingerprint density at radius 1 is 0.706 bits per heavy atom. The molecular formula is C14H11O2Si. The van der Waals surface area contributed by atoms with Gasteiger partial charge in [-0.2, -0.15) is 0 Å². The van der Waals surface area contributed by atoms with E-state index in [2.05, 4.69) is 30.3 Å². The second-order valence-corrected chi connectivity index (χ2v) is 6.97. The average Bonchev–Trinajstić information content (AvgIpc) is 3.10. The molecule has 83 valence electrons. The highest BCUT2D eigenvalue weighted by molar-refractivity contribution is 6.85. The Balaban J connectivity index is 1.64. The Morgan fingerprint density at radius 2 is 1.24 bits per heavy atom. The maximum atomic E-state index is 5.99. The first kappa shape index (κ1) is 9.30. The fraction of sp³-hybridized carbons (Fsp3) is 0.143. The van der Waals surface area contributed by atoms with Crippen LogP contribution in [0.3, 0.4) is 0 Å². The van der Waals surface area contributed by atoms with Gasteiger partial charge in [0, 0.05) is 0 Å². The molecule has 2 aromatic carbocycles. The van der Waals surface area contributed by atoms with Crippen LogP contribution in [0.4, 0.5) is 0 Å². The first-order valence-electron chi connectivity index (χ1n) is 5.78. The standard InChI is InChI=1S/C14H11O2Si/c1-2-6-10(7-3-1)17-13-14(17)16-12-9-5-4-8-11(12)15-13/h1-9,13-14H. The summed E-state index contributed by atoms with van der Waals surface area (Å²) in [6.45, 7) is 0. The Kier molecular flexibility index (Phi) is 1.85. The van der Waals surface area contributed by atoms with Gasteiger partial charge in [-0.15, -0.1) is 0 Å². The predicted molar refractivity (Wildman–Crippen MR) is 67.1 cm³/mol. The molecule has 0 saturated carbocycles. The smallest absolute Gasteiger partial charge is 0.194 e. The van der Waals surface area contributed by atoms with Crippen molar-refractivity contribution in [1.82, 2.24) is 0 Å². The lowest BCUT2D eigenvalue weighted by Crippen LogP contribution is -2.22. The van der Waals surface area contributed by atoms with Gasteiger partial charge in [0.1, 0.15) is 11.5 Å². The number of benzene rings is 2. The van der Waals surface area contributed by atoms with Crippen LogP contribution in [0, 0.1) is 0 Å². The molecule has 2 aliphatic rings. The number of hydrogen-bond acceptors (Lipinski definition) is 2. The van der Waals surface area contributed by atoms with Crippen molar-refractivity contribution >= 4 is 14.0 Å². The van der Waals surface area contributed by atoms with E-state index in [4.69, 9.17) is 9.47 Å². The Bertz CT molecular complexity index is 524. The molecule has 2 nitrogen and oxygen atoms in total. The van der Waals surface area contributed by atoms with E-state index in [1.165, 1.54) is 5.19 Å². The molecule has 2 atom stereocenters. The minimum Gasteiger partial charge on any atom is -0.486 e. The summed E-state index contributed by atoms with van der Waals surface area (Å²) in [5.74, 6) is 1.79. The maximum absolute atomic E-state index is 5.99. The van der Waals surface area contributed by atoms with Crippen LogP contribution >= 0.6 is 0 Å². The Hall–Kier alpha value is -1.74. The Morgan fingerprint density at radius 3 is 1.82 bits per heavy atom. The van der Waals surface area contributed by atoms with Gasteiger partial charge in [-0.1, -0.05) is 47.7 Å². The fourth-order valence-corrected chi connectivity index (χ4v) is 4.90. The van der Waals surface area contributed by atoms with E-state index in [0.29, 0.717) is 0 Å². The van der Waals surface area contributed by atoms with Gasteiger partial charge in [-0.3, -0.25) is 0 Å². The van der Waals surface area contributed by atoms with E-state index >= 15 is 0 Å². The molecule has 3 heteroatoms. The largest absolute Gasteiger partial charge is 0.486 e. The molecule has 2 unspecified atom stereocenters. The van der Waals surface area contributed by atoms with Crippen LogP contribution < -0.4 is 14.7 Å². The van der Waals surface area contributed by atoms with Crippen molar-refractivity contribution < 1.29 is 9.47 Å². The van der Waals surface area contributed by atoms with Crippen molar-refractivity contribution in [1.29, 1.82) is 0 Å². The zero-order valence-electron chi connectivity index (χ0n) is 9.17. The zero-order valence-corrected chi connectivity index (χ0v) is 10.2. The lowest BCUT2D eigenvalue weighted by atomic mass is 10.3. The van der Waals surface area contributed by atoms with E-state index in [-0.39, 0.29) is 11.5 Å². The van der Waals surface area contributed by atoms with Gasteiger partial charge in [-0.05, 0) is 12.1 Å². The van der Waals surface area contributed by atoms with Crippen molar-refractivity contribution in [3.63, 3.8) is 0 Å². The van der Waals surface area contributed by atoms with Gasteiger partial charge >= 0.3 is 0 Å². The molecule has 1 fully saturated rings. The molecule has 0 bridgehead atoms. The highest BCUT2D eigenvalue weighted by Crippen LogP contribution is 2.41. The third-order valence-corrected chi connectivity index (χ3v) is 5.93. The van der Waals surface area contributed by atoms with Gasteiger partial charge in [0.05, 0.1) is 0 Å². The molecule has 1 saturated heterocycles. The molecule has 17 heavy (non-hydrogen) atoms. The molecule has 2 aliphatic heterocycles. The second-order valence-electron chi connectivity index (χ2n) is 4.35. The highest BCUT2D eigenvalue weighted by atomic mass is 28.3. The van der Waals surface area contributed by atoms with Crippen LogP contribution in [0.25, 0.3) is 0 Å². The third kappa shape index (κ3) is 1.39. The van der Waals surface area contributed by atoms with Gasteiger partial charge in [-0.25, -0.2) is 0 Å². The van der Waals surface area contributed by atoms with Crippen LogP contribution in [0.5, 0.6) is 11.5 Å². The molecule has 0 amide bonds. The van der Waals surface area contributed by atoms with Crippen LogP contribution in [0.1, 0.15) is 0 Å². The summed E-state index contributed by atoms with van der Waals surface area (Å²) >= 11 is 0. The topological polar surface area (TPSA) is 18.5 Å². The molecule has 0 spiro atoms. The molecule has 4 rings (SSSR count). The molecule has 2 aromatic rings. The number of hydrogen-bond donors (Lipinski definition) is 0. The van der Waals surface area contributed by atoms with Crippen molar-refractivity contribution in [2.24, 2.45) is 0 Å². The summed E-state index contributed by atoms with van der Waals surface area (Å²) in [5, 5.41) is 1.40. The van der Waals surface area contributed by atoms with Crippen LogP contribution in [-0.2, 0) is 0 Å². The number of para-hydroxylation sites is 2. The monoisotopic (exact) mass is 239 g/mol. The lowest BCUT2D eigenvalue weighted by Gasteiger charge is -2.17. The van der Waals surface area contributed by atoms with E-state index in [1.54, 1.807) is 0 Å². The van der Waals surface area contributed by atoms with E-state index in [1.807, 2.05) is 24.3 Å². The first-order valence-corrected chi connectivity index (χ1v) is 7.43. The van der Waals surface area contributed by atoms with E-state index in [0.717, 1.165) is 11.5 Å². The van der Waals surface area contributed by atoms with Gasteiger partial charge in [0.25, 0.3) is 0 Å². The zero-order chi connectivity index (χ0) is 11.2. The summed E-state index contributed by atoms with van der Waals surface area (Å²) in [5.41, 5.74) is 0.578. The van der Waals surface area contributed by atoms with Crippen molar-refractivity contribution in [3.05, 3.63) is 54.6 Å². The van der Waals surface area contributed by atoms with Gasteiger partial charge < -0.3 is 9.47 Å². The van der Waals surface area contributed by atoms with Crippen LogP contribution in [0.2, 0.25) is 0 Å².